The Bertz CT molecular complexity index is 907. The molecule has 4 heteroatoms. The fourth-order valence-electron chi connectivity index (χ4n) is 2.46. The highest BCUT2D eigenvalue weighted by molar-refractivity contribution is 5.83. The minimum Gasteiger partial charge on any atom is -0.493 e. The second-order valence-corrected chi connectivity index (χ2v) is 5.59. The van der Waals surface area contributed by atoms with Crippen molar-refractivity contribution in [1.82, 2.24) is 0 Å². The first-order valence-corrected chi connectivity index (χ1v) is 7.97. The van der Waals surface area contributed by atoms with Gasteiger partial charge in [-0.2, -0.15) is 0 Å². The third-order valence-electron chi connectivity index (χ3n) is 3.83. The van der Waals surface area contributed by atoms with E-state index in [2.05, 4.69) is 6.92 Å². The van der Waals surface area contributed by atoms with E-state index >= 15 is 0 Å². The van der Waals surface area contributed by atoms with Crippen LogP contribution >= 0.6 is 0 Å². The Kier molecular flexibility index (Phi) is 4.75. The van der Waals surface area contributed by atoms with Crippen LogP contribution in [0.25, 0.3) is 22.1 Å². The molecule has 0 aliphatic rings. The standard InChI is InChI=1S/C20H18O4/c1-2-3-10-23-17-9-8-16-11-18(20(22)24-19(16)12-17)15-6-4-14(13-21)5-7-15/h4-9,11-13H,2-3,10H2,1H3. The maximum absolute atomic E-state index is 12.3. The number of rotatable bonds is 6. The van der Waals surface area contributed by atoms with Gasteiger partial charge in [-0.15, -0.1) is 0 Å². The van der Waals surface area contributed by atoms with Crippen LogP contribution in [-0.2, 0) is 0 Å². The highest BCUT2D eigenvalue weighted by Crippen LogP contribution is 2.24. The fourth-order valence-corrected chi connectivity index (χ4v) is 2.46. The van der Waals surface area contributed by atoms with Gasteiger partial charge in [0.05, 0.1) is 12.2 Å². The molecule has 1 heterocycles. The summed E-state index contributed by atoms with van der Waals surface area (Å²) in [5, 5.41) is 0.826. The third kappa shape index (κ3) is 3.38. The van der Waals surface area contributed by atoms with E-state index in [1.54, 1.807) is 36.4 Å². The molecule has 0 amide bonds. The van der Waals surface area contributed by atoms with Crippen molar-refractivity contribution >= 4 is 17.3 Å². The van der Waals surface area contributed by atoms with Crippen molar-refractivity contribution in [3.8, 4) is 16.9 Å². The molecule has 0 radical (unpaired) electrons. The van der Waals surface area contributed by atoms with Crippen molar-refractivity contribution < 1.29 is 13.9 Å². The number of hydrogen-bond acceptors (Lipinski definition) is 4. The number of carbonyl (C=O) groups is 1. The van der Waals surface area contributed by atoms with Crippen molar-refractivity contribution in [2.45, 2.75) is 19.8 Å². The minimum atomic E-state index is -0.410. The molecule has 0 bridgehead atoms. The summed E-state index contributed by atoms with van der Waals surface area (Å²) in [6, 6.07) is 14.1. The number of ether oxygens (including phenoxy) is 1. The van der Waals surface area contributed by atoms with Crippen molar-refractivity contribution in [3.05, 3.63) is 64.5 Å². The van der Waals surface area contributed by atoms with Crippen LogP contribution in [0.15, 0.2) is 57.7 Å². The number of benzene rings is 2. The van der Waals surface area contributed by atoms with E-state index in [1.165, 1.54) is 0 Å². The molecule has 0 saturated heterocycles. The van der Waals surface area contributed by atoms with E-state index in [-0.39, 0.29) is 0 Å². The topological polar surface area (TPSA) is 56.5 Å². The van der Waals surface area contributed by atoms with Gasteiger partial charge in [0.25, 0.3) is 0 Å². The molecule has 0 aliphatic heterocycles. The van der Waals surface area contributed by atoms with E-state index in [0.29, 0.717) is 29.1 Å². The Morgan fingerprint density at radius 3 is 2.58 bits per heavy atom. The van der Waals surface area contributed by atoms with E-state index < -0.39 is 5.63 Å². The molecule has 4 nitrogen and oxygen atoms in total. The van der Waals surface area contributed by atoms with Crippen LogP contribution in [0.5, 0.6) is 5.75 Å². The molecular weight excluding hydrogens is 304 g/mol. The van der Waals surface area contributed by atoms with Gasteiger partial charge in [0.15, 0.2) is 0 Å². The zero-order chi connectivity index (χ0) is 16.9. The van der Waals surface area contributed by atoms with Crippen LogP contribution in [0.4, 0.5) is 0 Å². The summed E-state index contributed by atoms with van der Waals surface area (Å²) in [4.78, 5) is 23.0. The average Bonchev–Trinajstić information content (AvgIpc) is 2.61. The van der Waals surface area contributed by atoms with Crippen LogP contribution in [0.2, 0.25) is 0 Å². The molecule has 0 saturated carbocycles. The Balaban J connectivity index is 1.96. The summed E-state index contributed by atoms with van der Waals surface area (Å²) in [5.74, 6) is 0.696. The molecular formula is C20H18O4. The lowest BCUT2D eigenvalue weighted by molar-refractivity contribution is 0.112. The van der Waals surface area contributed by atoms with Gasteiger partial charge >= 0.3 is 5.63 Å². The molecule has 0 aliphatic carbocycles. The first-order valence-electron chi connectivity index (χ1n) is 7.97. The molecule has 0 fully saturated rings. The van der Waals surface area contributed by atoms with Crippen LogP contribution in [-0.4, -0.2) is 12.9 Å². The second kappa shape index (κ2) is 7.13. The van der Waals surface area contributed by atoms with Crippen LogP contribution in [0.3, 0.4) is 0 Å². The summed E-state index contributed by atoms with van der Waals surface area (Å²) < 4.78 is 11.1. The molecule has 3 rings (SSSR count). The largest absolute Gasteiger partial charge is 0.493 e. The fraction of sp³-hybridized carbons (Fsp3) is 0.200. The second-order valence-electron chi connectivity index (χ2n) is 5.59. The maximum atomic E-state index is 12.3. The Morgan fingerprint density at radius 1 is 1.08 bits per heavy atom. The summed E-state index contributed by atoms with van der Waals surface area (Å²) in [5.41, 5.74) is 1.85. The van der Waals surface area contributed by atoms with Gasteiger partial charge in [0.1, 0.15) is 17.6 Å². The zero-order valence-electron chi connectivity index (χ0n) is 13.5. The predicted molar refractivity (Wildman–Crippen MR) is 93.7 cm³/mol. The van der Waals surface area contributed by atoms with Crippen LogP contribution < -0.4 is 10.4 Å². The average molecular weight is 322 g/mol. The summed E-state index contributed by atoms with van der Waals surface area (Å²) >= 11 is 0. The van der Waals surface area contributed by atoms with Gasteiger partial charge in [-0.3, -0.25) is 4.79 Å². The highest BCUT2D eigenvalue weighted by Gasteiger charge is 2.09. The lowest BCUT2D eigenvalue weighted by Gasteiger charge is -2.07. The summed E-state index contributed by atoms with van der Waals surface area (Å²) in [7, 11) is 0. The molecule has 122 valence electrons. The lowest BCUT2D eigenvalue weighted by atomic mass is 10.0. The molecule has 0 atom stereocenters. The zero-order valence-corrected chi connectivity index (χ0v) is 13.5. The van der Waals surface area contributed by atoms with E-state index in [1.807, 2.05) is 12.1 Å². The van der Waals surface area contributed by atoms with Crippen molar-refractivity contribution in [3.63, 3.8) is 0 Å². The van der Waals surface area contributed by atoms with Gasteiger partial charge in [-0.25, -0.2) is 4.79 Å². The Morgan fingerprint density at radius 2 is 1.88 bits per heavy atom. The van der Waals surface area contributed by atoms with E-state index in [0.717, 1.165) is 30.1 Å². The SMILES string of the molecule is CCCCOc1ccc2cc(-c3ccc(C=O)cc3)c(=O)oc2c1. The quantitative estimate of drug-likeness (QED) is 0.382. The molecule has 24 heavy (non-hydrogen) atoms. The summed E-state index contributed by atoms with van der Waals surface area (Å²) in [6.07, 6.45) is 2.82. The smallest absolute Gasteiger partial charge is 0.344 e. The minimum absolute atomic E-state index is 0.410. The number of fused-ring (bicyclic) bond motifs is 1. The first kappa shape index (κ1) is 16.0. The van der Waals surface area contributed by atoms with Gasteiger partial charge in [0, 0.05) is 17.0 Å². The molecule has 0 spiro atoms. The van der Waals surface area contributed by atoms with Gasteiger partial charge in [-0.05, 0) is 30.2 Å². The Hall–Kier alpha value is -2.88. The number of unbranched alkanes of at least 4 members (excludes halogenated alkanes) is 1. The van der Waals surface area contributed by atoms with Gasteiger partial charge in [-0.1, -0.05) is 37.6 Å². The lowest BCUT2D eigenvalue weighted by Crippen LogP contribution is -2.03. The number of aldehydes is 1. The Labute approximate surface area is 139 Å². The normalized spacial score (nSPS) is 10.7. The predicted octanol–water partition coefficient (Wildman–Crippen LogP) is 4.45. The maximum Gasteiger partial charge on any atom is 0.344 e. The van der Waals surface area contributed by atoms with Crippen LogP contribution in [0.1, 0.15) is 30.1 Å². The van der Waals surface area contributed by atoms with Crippen LogP contribution in [0, 0.1) is 0 Å². The molecule has 3 aromatic rings. The van der Waals surface area contributed by atoms with E-state index in [4.69, 9.17) is 9.15 Å². The van der Waals surface area contributed by atoms with Crippen molar-refractivity contribution in [1.29, 1.82) is 0 Å². The monoisotopic (exact) mass is 322 g/mol. The number of hydrogen-bond donors (Lipinski definition) is 0. The van der Waals surface area contributed by atoms with E-state index in [9.17, 15) is 9.59 Å². The number of carbonyl (C=O) groups excluding carboxylic acids is 1. The molecule has 0 unspecified atom stereocenters. The third-order valence-corrected chi connectivity index (χ3v) is 3.83. The van der Waals surface area contributed by atoms with Gasteiger partial charge in [0.2, 0.25) is 0 Å². The highest BCUT2D eigenvalue weighted by atomic mass is 16.5. The molecule has 1 aromatic heterocycles. The molecule has 0 N–H and O–H groups in total. The first-order chi connectivity index (χ1) is 11.7. The van der Waals surface area contributed by atoms with Gasteiger partial charge < -0.3 is 9.15 Å². The van der Waals surface area contributed by atoms with Crippen molar-refractivity contribution in [2.75, 3.05) is 6.61 Å². The van der Waals surface area contributed by atoms with Crippen molar-refractivity contribution in [2.24, 2.45) is 0 Å². The summed E-state index contributed by atoms with van der Waals surface area (Å²) in [6.45, 7) is 2.75. The molecule has 2 aromatic carbocycles.